The van der Waals surface area contributed by atoms with Crippen LogP contribution in [0.2, 0.25) is 5.02 Å². The molecule has 1 heterocycles. The van der Waals surface area contributed by atoms with Crippen molar-refractivity contribution < 1.29 is 22.1 Å². The van der Waals surface area contributed by atoms with E-state index in [9.17, 15) is 17.4 Å². The Bertz CT molecular complexity index is 940. The van der Waals surface area contributed by atoms with Gasteiger partial charge >= 0.3 is 0 Å². The molecule has 0 bridgehead atoms. The standard InChI is InChI=1S/C14H16ClN3O5S2/c1-4-7-24(20)12-10(25(3,21)22)6-5-9(11(12)15)14(19)16-13-8(2)17-23-18-13/h5-6H,4,7H2,1-3H3,(H,16,18,19). The maximum absolute atomic E-state index is 12.5. The summed E-state index contributed by atoms with van der Waals surface area (Å²) in [6.45, 7) is 3.39. The van der Waals surface area contributed by atoms with Gasteiger partial charge in [0, 0.05) is 12.0 Å². The van der Waals surface area contributed by atoms with E-state index in [4.69, 9.17) is 11.6 Å². The Labute approximate surface area is 152 Å². The third-order valence-corrected chi connectivity index (χ3v) is 6.64. The Kier molecular flexibility index (Phi) is 5.96. The van der Waals surface area contributed by atoms with Crippen LogP contribution < -0.4 is 5.32 Å². The average molecular weight is 406 g/mol. The summed E-state index contributed by atoms with van der Waals surface area (Å²) < 4.78 is 40.9. The number of benzene rings is 1. The molecule has 1 atom stereocenters. The van der Waals surface area contributed by atoms with Crippen LogP contribution in [0.3, 0.4) is 0 Å². The maximum atomic E-state index is 12.5. The zero-order valence-electron chi connectivity index (χ0n) is 13.7. The molecular formula is C14H16ClN3O5S2. The Morgan fingerprint density at radius 3 is 2.56 bits per heavy atom. The molecule has 25 heavy (non-hydrogen) atoms. The smallest absolute Gasteiger partial charge is 0.258 e. The fourth-order valence-corrected chi connectivity index (χ4v) is 5.25. The van der Waals surface area contributed by atoms with E-state index in [1.165, 1.54) is 12.1 Å². The highest BCUT2D eigenvalue weighted by atomic mass is 35.5. The van der Waals surface area contributed by atoms with Crippen LogP contribution in [-0.2, 0) is 20.6 Å². The number of anilines is 1. The van der Waals surface area contributed by atoms with Crippen LogP contribution in [-0.4, -0.2) is 40.9 Å². The van der Waals surface area contributed by atoms with Crippen LogP contribution in [0.15, 0.2) is 26.6 Å². The lowest BCUT2D eigenvalue weighted by atomic mass is 10.2. The van der Waals surface area contributed by atoms with Crippen LogP contribution in [0.4, 0.5) is 5.82 Å². The molecule has 0 radical (unpaired) electrons. The number of hydrogen-bond donors (Lipinski definition) is 1. The van der Waals surface area contributed by atoms with E-state index in [1.54, 1.807) is 6.92 Å². The highest BCUT2D eigenvalue weighted by Gasteiger charge is 2.25. The van der Waals surface area contributed by atoms with Crippen LogP contribution in [0.1, 0.15) is 29.4 Å². The second-order valence-corrected chi connectivity index (χ2v) is 9.10. The predicted octanol–water partition coefficient (Wildman–Crippen LogP) is 2.20. The van der Waals surface area contributed by atoms with E-state index in [0.717, 1.165) is 6.26 Å². The number of rotatable bonds is 6. The van der Waals surface area contributed by atoms with Gasteiger partial charge in [0.25, 0.3) is 5.91 Å². The van der Waals surface area contributed by atoms with Crippen molar-refractivity contribution in [1.29, 1.82) is 0 Å². The monoisotopic (exact) mass is 405 g/mol. The van der Waals surface area contributed by atoms with E-state index < -0.39 is 26.5 Å². The molecule has 2 aromatic rings. The highest BCUT2D eigenvalue weighted by molar-refractivity contribution is 7.92. The van der Waals surface area contributed by atoms with Crippen LogP contribution >= 0.6 is 11.6 Å². The van der Waals surface area contributed by atoms with E-state index in [1.807, 2.05) is 6.92 Å². The Morgan fingerprint density at radius 1 is 1.36 bits per heavy atom. The first-order valence-electron chi connectivity index (χ1n) is 7.18. The van der Waals surface area contributed by atoms with Gasteiger partial charge in [-0.3, -0.25) is 9.00 Å². The van der Waals surface area contributed by atoms with Gasteiger partial charge in [0.15, 0.2) is 9.84 Å². The lowest BCUT2D eigenvalue weighted by molar-refractivity contribution is 0.102. The molecule has 0 saturated heterocycles. The molecule has 0 aliphatic carbocycles. The maximum Gasteiger partial charge on any atom is 0.258 e. The molecule has 0 fully saturated rings. The normalized spacial score (nSPS) is 12.8. The summed E-state index contributed by atoms with van der Waals surface area (Å²) in [5.41, 5.74) is 0.350. The Balaban J connectivity index is 2.54. The summed E-state index contributed by atoms with van der Waals surface area (Å²) in [5.74, 6) is -0.303. The number of sulfone groups is 1. The zero-order chi connectivity index (χ0) is 18.8. The van der Waals surface area contributed by atoms with Gasteiger partial charge in [-0.15, -0.1) is 0 Å². The molecule has 0 spiro atoms. The summed E-state index contributed by atoms with van der Waals surface area (Å²) in [6, 6.07) is 2.50. The molecule has 1 unspecified atom stereocenters. The number of hydrogen-bond acceptors (Lipinski definition) is 7. The Morgan fingerprint density at radius 2 is 2.04 bits per heavy atom. The molecule has 8 nitrogen and oxygen atoms in total. The van der Waals surface area contributed by atoms with Gasteiger partial charge in [-0.2, -0.15) is 0 Å². The van der Waals surface area contributed by atoms with Crippen molar-refractivity contribution in [2.45, 2.75) is 30.1 Å². The van der Waals surface area contributed by atoms with Crippen molar-refractivity contribution in [3.8, 4) is 0 Å². The minimum atomic E-state index is -3.66. The second-order valence-electron chi connectivity index (χ2n) is 5.23. The molecule has 0 aliphatic rings. The number of aryl methyl sites for hydroxylation is 1. The fraction of sp³-hybridized carbons (Fsp3) is 0.357. The summed E-state index contributed by atoms with van der Waals surface area (Å²) >= 11 is 6.25. The third kappa shape index (κ3) is 4.25. The first-order chi connectivity index (χ1) is 11.7. The number of aromatic nitrogens is 2. The summed E-state index contributed by atoms with van der Waals surface area (Å²) in [7, 11) is -5.33. The van der Waals surface area contributed by atoms with E-state index in [-0.39, 0.29) is 31.9 Å². The minimum Gasteiger partial charge on any atom is -0.302 e. The lowest BCUT2D eigenvalue weighted by Crippen LogP contribution is -2.16. The largest absolute Gasteiger partial charge is 0.302 e. The number of nitrogens with zero attached hydrogens (tertiary/aromatic N) is 2. The number of halogens is 1. The highest BCUT2D eigenvalue weighted by Crippen LogP contribution is 2.32. The van der Waals surface area contributed by atoms with Gasteiger partial charge in [0.05, 0.1) is 31.2 Å². The second kappa shape index (κ2) is 7.63. The first-order valence-corrected chi connectivity index (χ1v) is 10.8. The van der Waals surface area contributed by atoms with Crippen molar-refractivity contribution in [2.24, 2.45) is 0 Å². The van der Waals surface area contributed by atoms with Gasteiger partial charge in [-0.05, 0) is 30.6 Å². The molecule has 11 heteroatoms. The quantitative estimate of drug-likeness (QED) is 0.782. The van der Waals surface area contributed by atoms with Crippen molar-refractivity contribution in [3.05, 3.63) is 28.4 Å². The van der Waals surface area contributed by atoms with Gasteiger partial charge in [0.1, 0.15) is 5.69 Å². The van der Waals surface area contributed by atoms with Crippen molar-refractivity contribution in [1.82, 2.24) is 10.3 Å². The molecule has 1 aromatic heterocycles. The molecule has 136 valence electrons. The fourth-order valence-electron chi connectivity index (χ4n) is 2.03. The molecule has 1 amide bonds. The van der Waals surface area contributed by atoms with E-state index >= 15 is 0 Å². The van der Waals surface area contributed by atoms with Crippen molar-refractivity contribution in [2.75, 3.05) is 17.3 Å². The molecule has 1 N–H and O–H groups in total. The average Bonchev–Trinajstić information content (AvgIpc) is 2.91. The molecule has 0 aliphatic heterocycles. The number of amides is 1. The van der Waals surface area contributed by atoms with E-state index in [0.29, 0.717) is 12.1 Å². The molecule has 0 saturated carbocycles. The Hall–Kier alpha value is -1.78. The minimum absolute atomic E-state index is 0.0177. The topological polar surface area (TPSA) is 119 Å². The van der Waals surface area contributed by atoms with Crippen LogP contribution in [0, 0.1) is 6.92 Å². The van der Waals surface area contributed by atoms with Crippen LogP contribution in [0.25, 0.3) is 0 Å². The third-order valence-electron chi connectivity index (χ3n) is 3.21. The van der Waals surface area contributed by atoms with Gasteiger partial charge in [-0.25, -0.2) is 13.0 Å². The summed E-state index contributed by atoms with van der Waals surface area (Å²) in [6.07, 6.45) is 1.56. The summed E-state index contributed by atoms with van der Waals surface area (Å²) in [4.78, 5) is 12.2. The van der Waals surface area contributed by atoms with E-state index in [2.05, 4.69) is 20.3 Å². The van der Waals surface area contributed by atoms with Crippen molar-refractivity contribution in [3.63, 3.8) is 0 Å². The van der Waals surface area contributed by atoms with Crippen LogP contribution in [0.5, 0.6) is 0 Å². The number of carbonyl (C=O) groups excluding carboxylic acids is 1. The number of nitrogens with one attached hydrogen (secondary N) is 1. The van der Waals surface area contributed by atoms with Gasteiger partial charge < -0.3 is 5.32 Å². The molecule has 1 aromatic carbocycles. The van der Waals surface area contributed by atoms with Crippen molar-refractivity contribution >= 4 is 44.0 Å². The predicted molar refractivity (Wildman–Crippen MR) is 93.1 cm³/mol. The van der Waals surface area contributed by atoms with Gasteiger partial charge in [0.2, 0.25) is 5.82 Å². The lowest BCUT2D eigenvalue weighted by Gasteiger charge is -2.13. The zero-order valence-corrected chi connectivity index (χ0v) is 16.1. The first kappa shape index (κ1) is 19.5. The molecular weight excluding hydrogens is 390 g/mol. The summed E-state index contributed by atoms with van der Waals surface area (Å²) in [5, 5.41) is 9.38. The SMILES string of the molecule is CCCS(=O)c1c(S(C)(=O)=O)ccc(C(=O)Nc2nonc2C)c1Cl. The number of carbonyl (C=O) groups is 1. The van der Waals surface area contributed by atoms with Gasteiger partial charge in [-0.1, -0.05) is 23.7 Å². The molecule has 2 rings (SSSR count).